The maximum absolute atomic E-state index is 11.7. The van der Waals surface area contributed by atoms with E-state index in [0.29, 0.717) is 6.42 Å². The number of anilines is 1. The molecule has 18 heavy (non-hydrogen) atoms. The molecule has 0 unspecified atom stereocenters. The zero-order valence-electron chi connectivity index (χ0n) is 10.2. The molecule has 3 nitrogen and oxygen atoms in total. The molecule has 0 fully saturated rings. The second kappa shape index (κ2) is 6.21. The summed E-state index contributed by atoms with van der Waals surface area (Å²) in [6.07, 6.45) is 1.30. The van der Waals surface area contributed by atoms with Crippen molar-refractivity contribution in [1.82, 2.24) is 0 Å². The van der Waals surface area contributed by atoms with Gasteiger partial charge in [0.25, 0.3) is 0 Å². The first-order chi connectivity index (χ1) is 8.78. The molecule has 1 amide bonds. The Hall–Kier alpha value is -1.81. The Bertz CT molecular complexity index is 491. The van der Waals surface area contributed by atoms with Gasteiger partial charge in [-0.2, -0.15) is 0 Å². The quantitative estimate of drug-likeness (QED) is 0.896. The van der Waals surface area contributed by atoms with E-state index >= 15 is 0 Å². The largest absolute Gasteiger partial charge is 0.497 e. The van der Waals surface area contributed by atoms with Crippen LogP contribution in [0.2, 0.25) is 0 Å². The second-order valence-electron chi connectivity index (χ2n) is 3.86. The minimum Gasteiger partial charge on any atom is -0.497 e. The van der Waals surface area contributed by atoms with Gasteiger partial charge in [0, 0.05) is 17.0 Å². The molecule has 2 rings (SSSR count). The van der Waals surface area contributed by atoms with Gasteiger partial charge in [0.15, 0.2) is 0 Å². The van der Waals surface area contributed by atoms with Gasteiger partial charge in [0.1, 0.15) is 5.75 Å². The number of carbonyl (C=O) groups excluding carboxylic acids is 1. The Morgan fingerprint density at radius 1 is 1.28 bits per heavy atom. The highest BCUT2D eigenvalue weighted by Gasteiger charge is 2.03. The SMILES string of the molecule is COc1ccc(NC(=O)CCc2cccs2)cc1. The number of rotatable bonds is 5. The summed E-state index contributed by atoms with van der Waals surface area (Å²) in [7, 11) is 1.62. The molecule has 2 aromatic rings. The molecule has 0 saturated heterocycles. The average molecular weight is 261 g/mol. The summed E-state index contributed by atoms with van der Waals surface area (Å²) in [5, 5.41) is 4.89. The molecular formula is C14H15NO2S. The van der Waals surface area contributed by atoms with Gasteiger partial charge in [0.05, 0.1) is 7.11 Å². The lowest BCUT2D eigenvalue weighted by Crippen LogP contribution is -2.11. The summed E-state index contributed by atoms with van der Waals surface area (Å²) < 4.78 is 5.06. The van der Waals surface area contributed by atoms with Crippen LogP contribution in [0.15, 0.2) is 41.8 Å². The van der Waals surface area contributed by atoms with Crippen LogP contribution in [0.5, 0.6) is 5.75 Å². The van der Waals surface area contributed by atoms with Crippen LogP contribution in [0.1, 0.15) is 11.3 Å². The van der Waals surface area contributed by atoms with Gasteiger partial charge in [-0.05, 0) is 42.1 Å². The number of ether oxygens (including phenoxy) is 1. The molecule has 1 N–H and O–H groups in total. The molecular weight excluding hydrogens is 246 g/mol. The van der Waals surface area contributed by atoms with Gasteiger partial charge >= 0.3 is 0 Å². The molecule has 0 saturated carbocycles. The standard InChI is InChI=1S/C14H15NO2S/c1-17-12-6-4-11(5-7-12)15-14(16)9-8-13-3-2-10-18-13/h2-7,10H,8-9H2,1H3,(H,15,16). The summed E-state index contributed by atoms with van der Waals surface area (Å²) in [6.45, 7) is 0. The number of aryl methyl sites for hydroxylation is 1. The van der Waals surface area contributed by atoms with Crippen LogP contribution in [0.4, 0.5) is 5.69 Å². The van der Waals surface area contributed by atoms with E-state index < -0.39 is 0 Å². The van der Waals surface area contributed by atoms with Crippen LogP contribution < -0.4 is 10.1 Å². The van der Waals surface area contributed by atoms with Crippen molar-refractivity contribution in [3.8, 4) is 5.75 Å². The van der Waals surface area contributed by atoms with Crippen molar-refractivity contribution in [2.75, 3.05) is 12.4 Å². The van der Waals surface area contributed by atoms with Crippen molar-refractivity contribution < 1.29 is 9.53 Å². The molecule has 0 bridgehead atoms. The van der Waals surface area contributed by atoms with Gasteiger partial charge in [-0.3, -0.25) is 4.79 Å². The van der Waals surface area contributed by atoms with Crippen molar-refractivity contribution in [1.29, 1.82) is 0 Å². The van der Waals surface area contributed by atoms with Crippen LogP contribution in [-0.4, -0.2) is 13.0 Å². The number of benzene rings is 1. The van der Waals surface area contributed by atoms with E-state index in [1.54, 1.807) is 18.4 Å². The third-order valence-corrected chi connectivity index (χ3v) is 3.49. The topological polar surface area (TPSA) is 38.3 Å². The van der Waals surface area contributed by atoms with E-state index in [2.05, 4.69) is 5.32 Å². The highest BCUT2D eigenvalue weighted by Crippen LogP contribution is 2.16. The molecule has 0 aliphatic carbocycles. The normalized spacial score (nSPS) is 10.1. The molecule has 0 aliphatic rings. The van der Waals surface area contributed by atoms with Gasteiger partial charge in [0.2, 0.25) is 5.91 Å². The van der Waals surface area contributed by atoms with Crippen LogP contribution in [-0.2, 0) is 11.2 Å². The third kappa shape index (κ3) is 3.60. The molecule has 4 heteroatoms. The van der Waals surface area contributed by atoms with E-state index in [-0.39, 0.29) is 5.91 Å². The van der Waals surface area contributed by atoms with Crippen LogP contribution in [0.3, 0.4) is 0 Å². The van der Waals surface area contributed by atoms with Crippen molar-refractivity contribution in [2.45, 2.75) is 12.8 Å². The lowest BCUT2D eigenvalue weighted by molar-refractivity contribution is -0.116. The lowest BCUT2D eigenvalue weighted by atomic mass is 10.2. The summed E-state index contributed by atoms with van der Waals surface area (Å²) in [4.78, 5) is 13.0. The minimum absolute atomic E-state index is 0.0357. The summed E-state index contributed by atoms with van der Waals surface area (Å²) in [6, 6.07) is 11.4. The Morgan fingerprint density at radius 3 is 2.67 bits per heavy atom. The molecule has 0 aliphatic heterocycles. The number of thiophene rings is 1. The monoisotopic (exact) mass is 261 g/mol. The number of hydrogen-bond donors (Lipinski definition) is 1. The van der Waals surface area contributed by atoms with E-state index in [1.807, 2.05) is 41.8 Å². The Kier molecular flexibility index (Phi) is 4.36. The highest BCUT2D eigenvalue weighted by atomic mass is 32.1. The van der Waals surface area contributed by atoms with Crippen molar-refractivity contribution in [3.05, 3.63) is 46.7 Å². The molecule has 1 heterocycles. The van der Waals surface area contributed by atoms with Crippen molar-refractivity contribution in [3.63, 3.8) is 0 Å². The molecule has 0 radical (unpaired) electrons. The predicted molar refractivity (Wildman–Crippen MR) is 74.3 cm³/mol. The van der Waals surface area contributed by atoms with E-state index in [0.717, 1.165) is 17.9 Å². The van der Waals surface area contributed by atoms with E-state index in [4.69, 9.17) is 4.74 Å². The maximum atomic E-state index is 11.7. The fraction of sp³-hybridized carbons (Fsp3) is 0.214. The maximum Gasteiger partial charge on any atom is 0.224 e. The van der Waals surface area contributed by atoms with Gasteiger partial charge < -0.3 is 10.1 Å². The number of amides is 1. The highest BCUT2D eigenvalue weighted by molar-refractivity contribution is 7.09. The number of hydrogen-bond acceptors (Lipinski definition) is 3. The van der Waals surface area contributed by atoms with Crippen molar-refractivity contribution >= 4 is 22.9 Å². The number of methoxy groups -OCH3 is 1. The van der Waals surface area contributed by atoms with Crippen LogP contribution in [0, 0.1) is 0 Å². The van der Waals surface area contributed by atoms with Gasteiger partial charge in [-0.15, -0.1) is 11.3 Å². The van der Waals surface area contributed by atoms with Crippen LogP contribution in [0.25, 0.3) is 0 Å². The minimum atomic E-state index is 0.0357. The fourth-order valence-electron chi connectivity index (χ4n) is 1.59. The van der Waals surface area contributed by atoms with Crippen LogP contribution >= 0.6 is 11.3 Å². The van der Waals surface area contributed by atoms with Crippen molar-refractivity contribution in [2.24, 2.45) is 0 Å². The third-order valence-electron chi connectivity index (χ3n) is 2.55. The molecule has 94 valence electrons. The van der Waals surface area contributed by atoms with E-state index in [1.165, 1.54) is 4.88 Å². The Morgan fingerprint density at radius 2 is 2.06 bits per heavy atom. The smallest absolute Gasteiger partial charge is 0.224 e. The number of nitrogens with one attached hydrogen (secondary N) is 1. The molecule has 1 aromatic heterocycles. The molecule has 0 spiro atoms. The molecule has 0 atom stereocenters. The average Bonchev–Trinajstić information content (AvgIpc) is 2.90. The fourth-order valence-corrected chi connectivity index (χ4v) is 2.30. The van der Waals surface area contributed by atoms with Gasteiger partial charge in [-0.1, -0.05) is 6.07 Å². The number of carbonyl (C=O) groups is 1. The predicted octanol–water partition coefficient (Wildman–Crippen LogP) is 3.33. The summed E-state index contributed by atoms with van der Waals surface area (Å²) in [5.41, 5.74) is 0.798. The first kappa shape index (κ1) is 12.6. The zero-order valence-corrected chi connectivity index (χ0v) is 11.0. The lowest BCUT2D eigenvalue weighted by Gasteiger charge is -2.05. The summed E-state index contributed by atoms with van der Waals surface area (Å²) >= 11 is 1.68. The van der Waals surface area contributed by atoms with Gasteiger partial charge in [-0.25, -0.2) is 0 Å². The summed E-state index contributed by atoms with van der Waals surface area (Å²) in [5.74, 6) is 0.820. The Labute approximate surface area is 110 Å². The second-order valence-corrected chi connectivity index (χ2v) is 4.89. The first-order valence-corrected chi connectivity index (χ1v) is 6.62. The zero-order chi connectivity index (χ0) is 12.8. The van der Waals surface area contributed by atoms with E-state index in [9.17, 15) is 4.79 Å². The Balaban J connectivity index is 1.83. The molecule has 1 aromatic carbocycles. The first-order valence-electron chi connectivity index (χ1n) is 5.74.